The Labute approximate surface area is 134 Å². The highest BCUT2D eigenvalue weighted by molar-refractivity contribution is 6.01. The van der Waals surface area contributed by atoms with Gasteiger partial charge in [0.05, 0.1) is 7.11 Å². The number of ketones is 1. The molecule has 0 bridgehead atoms. The van der Waals surface area contributed by atoms with Crippen LogP contribution in [0, 0.1) is 0 Å². The van der Waals surface area contributed by atoms with Crippen LogP contribution in [0.2, 0.25) is 0 Å². The maximum absolute atomic E-state index is 12.0. The number of Topliss-reactive ketones (excluding diaryl/α,β-unsaturated/α-hetero) is 1. The molecule has 0 heterocycles. The minimum Gasteiger partial charge on any atom is -0.497 e. The Morgan fingerprint density at radius 2 is 1.91 bits per heavy atom. The number of rotatable bonds is 5. The molecular weight excluding hydrogens is 294 g/mol. The summed E-state index contributed by atoms with van der Waals surface area (Å²) in [4.78, 5) is 23.7. The van der Waals surface area contributed by atoms with Crippen molar-refractivity contribution in [2.45, 2.75) is 12.8 Å². The summed E-state index contributed by atoms with van der Waals surface area (Å²) in [6.45, 7) is -0.101. The third kappa shape index (κ3) is 3.34. The summed E-state index contributed by atoms with van der Waals surface area (Å²) in [7, 11) is 1.59. The summed E-state index contributed by atoms with van der Waals surface area (Å²) < 4.78 is 10.7. The van der Waals surface area contributed by atoms with E-state index in [2.05, 4.69) is 5.32 Å². The fraction of sp³-hybridized carbons (Fsp3) is 0.222. The van der Waals surface area contributed by atoms with E-state index in [1.54, 1.807) is 49.6 Å². The van der Waals surface area contributed by atoms with Crippen LogP contribution in [-0.2, 0) is 11.2 Å². The fourth-order valence-electron chi connectivity index (χ4n) is 2.61. The number of carbonyl (C=O) groups is 2. The molecule has 0 saturated carbocycles. The van der Waals surface area contributed by atoms with Gasteiger partial charge in [-0.15, -0.1) is 0 Å². The van der Waals surface area contributed by atoms with Crippen LogP contribution in [0.4, 0.5) is 5.69 Å². The first-order valence-corrected chi connectivity index (χ1v) is 7.39. The molecule has 0 spiro atoms. The van der Waals surface area contributed by atoms with Crippen LogP contribution >= 0.6 is 0 Å². The maximum atomic E-state index is 12.0. The van der Waals surface area contributed by atoms with E-state index < -0.39 is 0 Å². The Morgan fingerprint density at radius 1 is 1.13 bits per heavy atom. The number of hydrogen-bond donors (Lipinski definition) is 1. The molecule has 0 aromatic heterocycles. The molecule has 0 radical (unpaired) electrons. The monoisotopic (exact) mass is 311 g/mol. The first-order valence-electron chi connectivity index (χ1n) is 7.39. The number of hydrogen-bond acceptors (Lipinski definition) is 4. The molecule has 23 heavy (non-hydrogen) atoms. The molecule has 1 aliphatic rings. The number of methoxy groups -OCH3 is 1. The zero-order chi connectivity index (χ0) is 16.2. The molecule has 0 unspecified atom stereocenters. The Balaban J connectivity index is 1.60. The van der Waals surface area contributed by atoms with Crippen molar-refractivity contribution in [1.29, 1.82) is 0 Å². The highest BCUT2D eigenvalue weighted by Gasteiger charge is 2.22. The maximum Gasteiger partial charge on any atom is 0.262 e. The van der Waals surface area contributed by atoms with Gasteiger partial charge in [0.1, 0.15) is 11.5 Å². The van der Waals surface area contributed by atoms with Gasteiger partial charge in [-0.1, -0.05) is 12.1 Å². The molecule has 0 aliphatic heterocycles. The lowest BCUT2D eigenvalue weighted by molar-refractivity contribution is -0.118. The lowest BCUT2D eigenvalue weighted by atomic mass is 10.1. The van der Waals surface area contributed by atoms with E-state index in [1.165, 1.54) is 0 Å². The fourth-order valence-corrected chi connectivity index (χ4v) is 2.61. The number of ether oxygens (including phenoxy) is 2. The van der Waals surface area contributed by atoms with Crippen LogP contribution in [0.5, 0.6) is 11.5 Å². The standard InChI is InChI=1S/C18H17NO4/c1-22-13-7-5-12(6-8-13)19-18(21)11-23-17-4-2-3-14-15(17)9-10-16(14)20/h2-8H,9-11H2,1H3,(H,19,21). The van der Waals surface area contributed by atoms with E-state index in [4.69, 9.17) is 9.47 Å². The van der Waals surface area contributed by atoms with Gasteiger partial charge in [0.25, 0.3) is 5.91 Å². The van der Waals surface area contributed by atoms with Crippen molar-refractivity contribution in [1.82, 2.24) is 0 Å². The van der Waals surface area contributed by atoms with Gasteiger partial charge in [0.15, 0.2) is 12.4 Å². The number of carbonyl (C=O) groups excluding carboxylic acids is 2. The van der Waals surface area contributed by atoms with Crippen LogP contribution in [0.15, 0.2) is 42.5 Å². The molecule has 2 aromatic carbocycles. The van der Waals surface area contributed by atoms with Crippen LogP contribution in [-0.4, -0.2) is 25.4 Å². The molecule has 1 aliphatic carbocycles. The first-order chi connectivity index (χ1) is 11.2. The van der Waals surface area contributed by atoms with Gasteiger partial charge in [-0.3, -0.25) is 9.59 Å². The van der Waals surface area contributed by atoms with Crippen molar-refractivity contribution >= 4 is 17.4 Å². The zero-order valence-corrected chi connectivity index (χ0v) is 12.8. The highest BCUT2D eigenvalue weighted by Crippen LogP contribution is 2.30. The number of nitrogens with one attached hydrogen (secondary N) is 1. The number of amides is 1. The highest BCUT2D eigenvalue weighted by atomic mass is 16.5. The molecule has 1 amide bonds. The summed E-state index contributed by atoms with van der Waals surface area (Å²) in [6.07, 6.45) is 1.18. The predicted octanol–water partition coefficient (Wildman–Crippen LogP) is 2.84. The summed E-state index contributed by atoms with van der Waals surface area (Å²) in [6, 6.07) is 12.4. The molecule has 3 rings (SSSR count). The number of fused-ring (bicyclic) bond motifs is 1. The second-order valence-electron chi connectivity index (χ2n) is 5.27. The van der Waals surface area contributed by atoms with Crippen LogP contribution in [0.1, 0.15) is 22.3 Å². The smallest absolute Gasteiger partial charge is 0.262 e. The number of anilines is 1. The zero-order valence-electron chi connectivity index (χ0n) is 12.8. The van der Waals surface area contributed by atoms with Gasteiger partial charge in [0, 0.05) is 23.2 Å². The minimum absolute atomic E-state index is 0.101. The Kier molecular flexibility index (Phi) is 4.28. The quantitative estimate of drug-likeness (QED) is 0.922. The SMILES string of the molecule is COc1ccc(NC(=O)COc2cccc3c2CCC3=O)cc1. The van der Waals surface area contributed by atoms with Crippen LogP contribution in [0.3, 0.4) is 0 Å². The van der Waals surface area contributed by atoms with Gasteiger partial charge >= 0.3 is 0 Å². The first kappa shape index (κ1) is 15.1. The Morgan fingerprint density at radius 3 is 2.65 bits per heavy atom. The van der Waals surface area contributed by atoms with E-state index in [9.17, 15) is 9.59 Å². The number of benzene rings is 2. The Hall–Kier alpha value is -2.82. The molecule has 1 N–H and O–H groups in total. The van der Waals surface area contributed by atoms with Crippen molar-refractivity contribution < 1.29 is 19.1 Å². The van der Waals surface area contributed by atoms with Gasteiger partial charge < -0.3 is 14.8 Å². The normalized spacial score (nSPS) is 12.7. The second kappa shape index (κ2) is 6.52. The van der Waals surface area contributed by atoms with Crippen molar-refractivity contribution in [3.8, 4) is 11.5 Å². The summed E-state index contributed by atoms with van der Waals surface area (Å²) in [5.41, 5.74) is 2.28. The van der Waals surface area contributed by atoms with E-state index in [0.29, 0.717) is 29.8 Å². The topological polar surface area (TPSA) is 64.6 Å². The van der Waals surface area contributed by atoms with E-state index in [1.807, 2.05) is 0 Å². The largest absolute Gasteiger partial charge is 0.497 e. The van der Waals surface area contributed by atoms with Crippen molar-refractivity contribution in [3.05, 3.63) is 53.6 Å². The molecule has 118 valence electrons. The summed E-state index contributed by atoms with van der Waals surface area (Å²) >= 11 is 0. The third-order valence-corrected chi connectivity index (χ3v) is 3.77. The molecule has 0 atom stereocenters. The van der Waals surface area contributed by atoms with E-state index >= 15 is 0 Å². The lowest BCUT2D eigenvalue weighted by Gasteiger charge is -2.11. The van der Waals surface area contributed by atoms with Crippen LogP contribution < -0.4 is 14.8 Å². The van der Waals surface area contributed by atoms with Crippen LogP contribution in [0.25, 0.3) is 0 Å². The average Bonchev–Trinajstić information content (AvgIpc) is 2.96. The molecule has 0 fully saturated rings. The summed E-state index contributed by atoms with van der Waals surface area (Å²) in [5, 5.41) is 2.75. The minimum atomic E-state index is -0.253. The predicted molar refractivity (Wildman–Crippen MR) is 86.2 cm³/mol. The molecule has 5 nitrogen and oxygen atoms in total. The Bertz CT molecular complexity index is 737. The van der Waals surface area contributed by atoms with Crippen molar-refractivity contribution in [3.63, 3.8) is 0 Å². The van der Waals surface area contributed by atoms with Gasteiger partial charge in [-0.05, 0) is 36.8 Å². The molecule has 2 aromatic rings. The lowest BCUT2D eigenvalue weighted by Crippen LogP contribution is -2.20. The van der Waals surface area contributed by atoms with Crippen molar-refractivity contribution in [2.75, 3.05) is 19.0 Å². The second-order valence-corrected chi connectivity index (χ2v) is 5.27. The average molecular weight is 311 g/mol. The molecule has 5 heteroatoms. The van der Waals surface area contributed by atoms with Gasteiger partial charge in [-0.25, -0.2) is 0 Å². The van der Waals surface area contributed by atoms with E-state index in [0.717, 1.165) is 11.3 Å². The summed E-state index contributed by atoms with van der Waals surface area (Å²) in [5.74, 6) is 1.22. The third-order valence-electron chi connectivity index (χ3n) is 3.77. The van der Waals surface area contributed by atoms with Crippen molar-refractivity contribution in [2.24, 2.45) is 0 Å². The van der Waals surface area contributed by atoms with Gasteiger partial charge in [0.2, 0.25) is 0 Å². The van der Waals surface area contributed by atoms with Gasteiger partial charge in [-0.2, -0.15) is 0 Å². The molecular formula is C18H17NO4. The van der Waals surface area contributed by atoms with E-state index in [-0.39, 0.29) is 18.3 Å². The molecule has 0 saturated heterocycles.